The van der Waals surface area contributed by atoms with Gasteiger partial charge in [0, 0.05) is 40.2 Å². The molecule has 6 nitrogen and oxygen atoms in total. The van der Waals surface area contributed by atoms with Crippen molar-refractivity contribution in [3.8, 4) is 78.8 Å². The summed E-state index contributed by atoms with van der Waals surface area (Å²) in [4.78, 5) is 18.9. The average molecular weight is 695 g/mol. The van der Waals surface area contributed by atoms with Crippen LogP contribution in [0, 0.1) is 0 Å². The van der Waals surface area contributed by atoms with Gasteiger partial charge in [0.25, 0.3) is 0 Å². The van der Waals surface area contributed by atoms with Crippen molar-refractivity contribution < 1.29 is 8.83 Å². The minimum Gasteiger partial charge on any atom is -0.436 e. The van der Waals surface area contributed by atoms with Crippen LogP contribution in [0.4, 0.5) is 0 Å². The maximum atomic E-state index is 5.98. The van der Waals surface area contributed by atoms with Crippen molar-refractivity contribution in [1.29, 1.82) is 0 Å². The number of nitrogens with zero attached hydrogens (tertiary/aromatic N) is 4. The van der Waals surface area contributed by atoms with Crippen molar-refractivity contribution in [3.05, 3.63) is 182 Å². The highest BCUT2D eigenvalue weighted by Crippen LogP contribution is 2.36. The molecule has 0 bridgehead atoms. The van der Waals surface area contributed by atoms with Crippen LogP contribution in [0.25, 0.3) is 101 Å². The number of para-hydroxylation sites is 4. The van der Waals surface area contributed by atoms with Crippen molar-refractivity contribution >= 4 is 22.2 Å². The Labute approximate surface area is 311 Å². The molecule has 254 valence electrons. The van der Waals surface area contributed by atoms with E-state index in [-0.39, 0.29) is 0 Å². The summed E-state index contributed by atoms with van der Waals surface area (Å²) in [6.45, 7) is 0. The summed E-state index contributed by atoms with van der Waals surface area (Å²) in [7, 11) is 0. The van der Waals surface area contributed by atoms with Gasteiger partial charge in [-0.05, 0) is 94.5 Å². The van der Waals surface area contributed by atoms with Gasteiger partial charge in [-0.3, -0.25) is 4.98 Å². The van der Waals surface area contributed by atoms with Crippen molar-refractivity contribution in [3.63, 3.8) is 0 Å². The molecule has 0 unspecified atom stereocenters. The number of rotatable bonds is 7. The molecule has 0 spiro atoms. The molecule has 6 heteroatoms. The summed E-state index contributed by atoms with van der Waals surface area (Å²) in [5.41, 5.74) is 15.5. The summed E-state index contributed by atoms with van der Waals surface area (Å²) in [6.07, 6.45) is 3.63. The fourth-order valence-corrected chi connectivity index (χ4v) is 6.85. The zero-order valence-corrected chi connectivity index (χ0v) is 28.9. The SMILES string of the molecule is c1cncc(-c2ccc(-c3ccc(-c4ccc(-c5nc6ccccc6o5)cc4)cc3)c(-c3ccc(-c4ccc(-c5nc6ccccc6o5)cc4)cc3)n2)c1. The van der Waals surface area contributed by atoms with E-state index in [0.717, 1.165) is 89.2 Å². The van der Waals surface area contributed by atoms with E-state index in [4.69, 9.17) is 13.8 Å². The summed E-state index contributed by atoms with van der Waals surface area (Å²) < 4.78 is 12.0. The molecule has 0 N–H and O–H groups in total. The molecule has 0 aliphatic carbocycles. The van der Waals surface area contributed by atoms with Crippen molar-refractivity contribution in [2.45, 2.75) is 0 Å². The third kappa shape index (κ3) is 5.91. The second-order valence-corrected chi connectivity index (χ2v) is 13.1. The smallest absolute Gasteiger partial charge is 0.227 e. The van der Waals surface area contributed by atoms with E-state index in [9.17, 15) is 0 Å². The van der Waals surface area contributed by atoms with Crippen LogP contribution in [0.1, 0.15) is 0 Å². The fraction of sp³-hybridized carbons (Fsp3) is 0. The van der Waals surface area contributed by atoms with Crippen LogP contribution in [0.15, 0.2) is 191 Å². The maximum absolute atomic E-state index is 5.98. The Kier molecular flexibility index (Phi) is 7.69. The number of fused-ring (bicyclic) bond motifs is 2. The highest BCUT2D eigenvalue weighted by atomic mass is 16.4. The largest absolute Gasteiger partial charge is 0.436 e. The lowest BCUT2D eigenvalue weighted by molar-refractivity contribution is 0.619. The Balaban J connectivity index is 0.944. The first-order valence-corrected chi connectivity index (χ1v) is 17.8. The number of hydrogen-bond donors (Lipinski definition) is 0. The van der Waals surface area contributed by atoms with Crippen LogP contribution in [-0.4, -0.2) is 19.9 Å². The molecule has 54 heavy (non-hydrogen) atoms. The lowest BCUT2D eigenvalue weighted by Gasteiger charge is -2.13. The molecule has 0 atom stereocenters. The molecule has 10 rings (SSSR count). The minimum atomic E-state index is 0.618. The van der Waals surface area contributed by atoms with Gasteiger partial charge in [0.1, 0.15) is 11.0 Å². The Bertz CT molecular complexity index is 2830. The van der Waals surface area contributed by atoms with E-state index in [2.05, 4.69) is 124 Å². The Morgan fingerprint density at radius 1 is 0.333 bits per heavy atom. The van der Waals surface area contributed by atoms with E-state index >= 15 is 0 Å². The normalized spacial score (nSPS) is 11.3. The second-order valence-electron chi connectivity index (χ2n) is 13.1. The molecule has 10 aromatic rings. The summed E-state index contributed by atoms with van der Waals surface area (Å²) in [5, 5.41) is 0. The van der Waals surface area contributed by atoms with Crippen molar-refractivity contribution in [2.75, 3.05) is 0 Å². The molecule has 4 aromatic heterocycles. The molecule has 0 saturated heterocycles. The third-order valence-corrected chi connectivity index (χ3v) is 9.72. The Morgan fingerprint density at radius 2 is 0.796 bits per heavy atom. The van der Waals surface area contributed by atoms with Crippen LogP contribution in [0.3, 0.4) is 0 Å². The van der Waals surface area contributed by atoms with Crippen molar-refractivity contribution in [1.82, 2.24) is 19.9 Å². The van der Waals surface area contributed by atoms with E-state index in [1.54, 1.807) is 6.20 Å². The van der Waals surface area contributed by atoms with Gasteiger partial charge in [-0.2, -0.15) is 0 Å². The van der Waals surface area contributed by atoms with Crippen LogP contribution in [0.5, 0.6) is 0 Å². The van der Waals surface area contributed by atoms with Crippen LogP contribution in [0.2, 0.25) is 0 Å². The molecule has 0 amide bonds. The lowest BCUT2D eigenvalue weighted by Crippen LogP contribution is -1.93. The average Bonchev–Trinajstić information content (AvgIpc) is 3.90. The molecule has 6 aromatic carbocycles. The molecule has 0 aliphatic heterocycles. The predicted octanol–water partition coefficient (Wildman–Crippen LogP) is 12.4. The van der Waals surface area contributed by atoms with Crippen LogP contribution < -0.4 is 0 Å². The van der Waals surface area contributed by atoms with Gasteiger partial charge in [-0.15, -0.1) is 0 Å². The highest BCUT2D eigenvalue weighted by molar-refractivity contribution is 5.85. The maximum Gasteiger partial charge on any atom is 0.227 e. The highest BCUT2D eigenvalue weighted by Gasteiger charge is 2.14. The Morgan fingerprint density at radius 3 is 1.28 bits per heavy atom. The first-order valence-electron chi connectivity index (χ1n) is 17.8. The number of hydrogen-bond acceptors (Lipinski definition) is 6. The molecular weight excluding hydrogens is 665 g/mol. The predicted molar refractivity (Wildman–Crippen MR) is 215 cm³/mol. The van der Waals surface area contributed by atoms with E-state index < -0.39 is 0 Å². The number of pyridine rings is 2. The topological polar surface area (TPSA) is 77.8 Å². The third-order valence-electron chi connectivity index (χ3n) is 9.72. The van der Waals surface area contributed by atoms with Gasteiger partial charge in [0.2, 0.25) is 11.8 Å². The van der Waals surface area contributed by atoms with Crippen molar-refractivity contribution in [2.24, 2.45) is 0 Å². The quantitative estimate of drug-likeness (QED) is 0.165. The molecular formula is C48H30N4O2. The zero-order chi connectivity index (χ0) is 35.8. The number of oxazole rings is 2. The molecule has 0 fully saturated rings. The van der Waals surface area contributed by atoms with Gasteiger partial charge in [0.15, 0.2) is 11.2 Å². The van der Waals surface area contributed by atoms with Gasteiger partial charge in [-0.1, -0.05) is 103 Å². The van der Waals surface area contributed by atoms with Gasteiger partial charge in [-0.25, -0.2) is 15.0 Å². The van der Waals surface area contributed by atoms with E-state index in [0.29, 0.717) is 11.8 Å². The number of aromatic nitrogens is 4. The van der Waals surface area contributed by atoms with E-state index in [1.807, 2.05) is 66.9 Å². The summed E-state index contributed by atoms with van der Waals surface area (Å²) >= 11 is 0. The molecule has 0 saturated carbocycles. The molecule has 4 heterocycles. The van der Waals surface area contributed by atoms with E-state index in [1.165, 1.54) is 0 Å². The van der Waals surface area contributed by atoms with Gasteiger partial charge >= 0.3 is 0 Å². The summed E-state index contributed by atoms with van der Waals surface area (Å²) in [5.74, 6) is 1.24. The van der Waals surface area contributed by atoms with Gasteiger partial charge in [0.05, 0.1) is 11.4 Å². The lowest BCUT2D eigenvalue weighted by atomic mass is 9.94. The van der Waals surface area contributed by atoms with Crippen LogP contribution >= 0.6 is 0 Å². The first kappa shape index (κ1) is 31.3. The second kappa shape index (κ2) is 13.3. The molecule has 0 aliphatic rings. The van der Waals surface area contributed by atoms with Crippen LogP contribution in [-0.2, 0) is 0 Å². The Hall–Kier alpha value is -7.44. The fourth-order valence-electron chi connectivity index (χ4n) is 6.85. The standard InChI is InChI=1S/C48H30N4O2/c1-3-9-44-42(7-1)51-47(53-44)37-23-15-33(16-24-37)31-11-19-35(20-12-31)40-27-28-41(39-6-5-29-49-30-39)50-46(40)36-21-13-32(14-22-36)34-17-25-38(26-18-34)48-52-43-8-2-4-10-45(43)54-48/h1-30H. The monoisotopic (exact) mass is 694 g/mol. The minimum absolute atomic E-state index is 0.618. The molecule has 0 radical (unpaired) electrons. The first-order chi connectivity index (χ1) is 26.7. The summed E-state index contributed by atoms with van der Waals surface area (Å²) in [6, 6.07) is 57.8. The zero-order valence-electron chi connectivity index (χ0n) is 28.9. The van der Waals surface area contributed by atoms with Gasteiger partial charge < -0.3 is 8.83 Å². The number of benzene rings is 6.